The molecule has 4 N–H and O–H groups in total. The van der Waals surface area contributed by atoms with E-state index in [9.17, 15) is 28.4 Å². The summed E-state index contributed by atoms with van der Waals surface area (Å²) >= 11 is 0. The normalized spacial score (nSPS) is 48.9. The molecule has 9 heteroatoms. The van der Waals surface area contributed by atoms with Gasteiger partial charge in [0.05, 0.1) is 5.57 Å². The Morgan fingerprint density at radius 3 is 2.21 bits per heavy atom. The van der Waals surface area contributed by atoms with Crippen LogP contribution in [0.3, 0.4) is 0 Å². The minimum Gasteiger partial charge on any atom is -0.381 e. The highest BCUT2D eigenvalue weighted by molar-refractivity contribution is 7.87. The third kappa shape index (κ3) is 3.47. The van der Waals surface area contributed by atoms with Crippen molar-refractivity contribution >= 4 is 21.8 Å². The number of Topliss-reactive ketones (excluding diaryl/α,β-unsaturated/α-hetero) is 1. The van der Waals surface area contributed by atoms with Gasteiger partial charge in [0.25, 0.3) is 10.2 Å². The first-order chi connectivity index (χ1) is 17.6. The number of hydrogen-bond donors (Lipinski definition) is 3. The Hall–Kier alpha value is -1.86. The van der Waals surface area contributed by atoms with Crippen molar-refractivity contribution in [3.8, 4) is 6.07 Å². The lowest BCUT2D eigenvalue weighted by Gasteiger charge is -2.71. The van der Waals surface area contributed by atoms with Crippen molar-refractivity contribution < 1.29 is 23.1 Å². The Balaban J connectivity index is 1.70. The van der Waals surface area contributed by atoms with Crippen molar-refractivity contribution in [3.63, 3.8) is 0 Å². The molecular weight excluding hydrogens is 514 g/mol. The molecular formula is C30H43N3O5S. The van der Waals surface area contributed by atoms with Crippen LogP contribution in [0.15, 0.2) is 23.3 Å². The first-order valence-electron chi connectivity index (χ1n) is 14.1. The van der Waals surface area contributed by atoms with E-state index in [1.54, 1.807) is 12.2 Å². The first kappa shape index (κ1) is 28.7. The molecule has 5 rings (SSSR count). The van der Waals surface area contributed by atoms with Gasteiger partial charge in [-0.15, -0.1) is 0 Å². The van der Waals surface area contributed by atoms with Crippen LogP contribution >= 0.6 is 0 Å². The summed E-state index contributed by atoms with van der Waals surface area (Å²) in [6.45, 7) is 14.0. The second-order valence-electron chi connectivity index (χ2n) is 15.1. The van der Waals surface area contributed by atoms with E-state index in [0.717, 1.165) is 18.4 Å². The fourth-order valence-corrected chi connectivity index (χ4v) is 11.1. The maximum atomic E-state index is 14.4. The van der Waals surface area contributed by atoms with Crippen LogP contribution in [0.2, 0.25) is 0 Å². The maximum Gasteiger partial charge on any atom is 0.274 e. The summed E-state index contributed by atoms with van der Waals surface area (Å²) in [7, 11) is -3.98. The predicted molar refractivity (Wildman–Crippen MR) is 147 cm³/mol. The Bertz CT molecular complexity index is 1390. The van der Waals surface area contributed by atoms with E-state index < -0.39 is 48.9 Å². The van der Waals surface area contributed by atoms with Crippen molar-refractivity contribution in [2.45, 2.75) is 105 Å². The highest BCUT2D eigenvalue weighted by Crippen LogP contribution is 2.75. The number of nitrogens with zero attached hydrogens (tertiary/aromatic N) is 1. The quantitative estimate of drug-likeness (QED) is 0.469. The van der Waals surface area contributed by atoms with Gasteiger partial charge in [0.2, 0.25) is 0 Å². The number of hydrogen-bond acceptors (Lipinski definition) is 6. The van der Waals surface area contributed by atoms with Crippen LogP contribution in [-0.2, 0) is 19.8 Å². The van der Waals surface area contributed by atoms with Crippen LogP contribution in [0.4, 0.5) is 0 Å². The summed E-state index contributed by atoms with van der Waals surface area (Å²) < 4.78 is 26.7. The highest BCUT2D eigenvalue weighted by atomic mass is 32.2. The minimum absolute atomic E-state index is 0.0812. The number of nitrogens with one attached hydrogen (secondary N) is 1. The maximum absolute atomic E-state index is 14.4. The molecule has 0 spiro atoms. The van der Waals surface area contributed by atoms with Crippen molar-refractivity contribution in [1.82, 2.24) is 4.72 Å². The number of nitriles is 1. The standard InChI is InChI=1S/C30H43N3O5S/c1-24(2)19-8-9-28(6)20(27(19,5)15-18(17-31)23(24)35)14-22(34)30(36)21-16-26(4,33-39(32,37)38)12-10-25(21,3)11-13-29(28,30)7/h14-15,19,21,33,36H,8-13,16H2,1-7H3,(H2,32,37,38)/t19-,21+,25+,26-,27-,28+,29-,30+/m0/s1. The average molecular weight is 558 g/mol. The van der Waals surface area contributed by atoms with Crippen LogP contribution < -0.4 is 9.86 Å². The van der Waals surface area contributed by atoms with Crippen LogP contribution in [0.25, 0.3) is 0 Å². The van der Waals surface area contributed by atoms with Crippen molar-refractivity contribution in [1.29, 1.82) is 5.26 Å². The zero-order valence-corrected chi connectivity index (χ0v) is 25.1. The largest absolute Gasteiger partial charge is 0.381 e. The Morgan fingerprint density at radius 2 is 1.62 bits per heavy atom. The second-order valence-corrected chi connectivity index (χ2v) is 16.4. The third-order valence-corrected chi connectivity index (χ3v) is 13.4. The topological polar surface area (TPSA) is 150 Å². The van der Waals surface area contributed by atoms with E-state index in [4.69, 9.17) is 5.14 Å². The van der Waals surface area contributed by atoms with Crippen LogP contribution in [-0.4, -0.2) is 36.2 Å². The van der Waals surface area contributed by atoms with Gasteiger partial charge in [0.1, 0.15) is 11.7 Å². The van der Waals surface area contributed by atoms with Gasteiger partial charge < -0.3 is 5.11 Å². The molecule has 0 aliphatic heterocycles. The molecule has 0 aromatic rings. The molecule has 0 aromatic heterocycles. The minimum atomic E-state index is -3.98. The van der Waals surface area contributed by atoms with E-state index in [1.165, 1.54) is 0 Å². The van der Waals surface area contributed by atoms with Gasteiger partial charge in [0.15, 0.2) is 11.6 Å². The van der Waals surface area contributed by atoms with E-state index in [1.807, 2.05) is 34.6 Å². The van der Waals surface area contributed by atoms with Gasteiger partial charge in [0, 0.05) is 27.7 Å². The van der Waals surface area contributed by atoms with Gasteiger partial charge >= 0.3 is 0 Å². The lowest BCUT2D eigenvalue weighted by atomic mass is 9.33. The molecule has 0 unspecified atom stereocenters. The summed E-state index contributed by atoms with van der Waals surface area (Å²) in [4.78, 5) is 27.6. The number of carbonyl (C=O) groups is 2. The molecule has 0 aromatic carbocycles. The average Bonchev–Trinajstić information content (AvgIpc) is 2.81. The molecule has 3 fully saturated rings. The molecule has 0 heterocycles. The molecule has 5 aliphatic rings. The van der Waals surface area contributed by atoms with Crippen molar-refractivity contribution in [2.24, 2.45) is 44.0 Å². The molecule has 0 radical (unpaired) electrons. The zero-order chi connectivity index (χ0) is 29.2. The first-order valence-corrected chi connectivity index (χ1v) is 15.7. The van der Waals surface area contributed by atoms with Crippen LogP contribution in [0.5, 0.6) is 0 Å². The van der Waals surface area contributed by atoms with Crippen LogP contribution in [0.1, 0.15) is 93.4 Å². The van der Waals surface area contributed by atoms with Crippen molar-refractivity contribution in [3.05, 3.63) is 23.3 Å². The van der Waals surface area contributed by atoms with E-state index in [-0.39, 0.29) is 28.5 Å². The predicted octanol–water partition coefficient (Wildman–Crippen LogP) is 3.87. The monoisotopic (exact) mass is 557 g/mol. The van der Waals surface area contributed by atoms with Gasteiger partial charge in [-0.2, -0.15) is 18.4 Å². The Morgan fingerprint density at radius 1 is 1.00 bits per heavy atom. The number of nitrogens with two attached hydrogens (primary N) is 1. The second kappa shape index (κ2) is 7.90. The molecule has 8 nitrogen and oxygen atoms in total. The molecule has 5 aliphatic carbocycles. The lowest BCUT2D eigenvalue weighted by Crippen LogP contribution is -2.74. The number of fused-ring (bicyclic) bond motifs is 7. The fourth-order valence-electron chi connectivity index (χ4n) is 10.2. The van der Waals surface area contributed by atoms with E-state index in [2.05, 4.69) is 24.6 Å². The fraction of sp³-hybridized carbons (Fsp3) is 0.767. The number of carbonyl (C=O) groups excluding carboxylic acids is 2. The summed E-state index contributed by atoms with van der Waals surface area (Å²) in [5.41, 5.74) is -4.72. The smallest absolute Gasteiger partial charge is 0.274 e. The molecule has 0 bridgehead atoms. The number of aliphatic hydroxyl groups is 1. The molecule has 214 valence electrons. The summed E-state index contributed by atoms with van der Waals surface area (Å²) in [5, 5.41) is 28.0. The molecule has 8 atom stereocenters. The number of rotatable bonds is 2. The SMILES string of the molecule is CC1(C)C(=O)C(C#N)=C[C@]2(C)C3=CC(=O)[C@]4(O)[C@@H]5C[C@@](C)(NS(N)(=O)=O)CC[C@]5(C)CC[C@@]4(C)[C@]3(C)CC[C@@H]12. The van der Waals surface area contributed by atoms with E-state index in [0.29, 0.717) is 32.1 Å². The Kier molecular flexibility index (Phi) is 5.81. The number of allylic oxidation sites excluding steroid dienone is 3. The third-order valence-electron chi connectivity index (χ3n) is 12.6. The van der Waals surface area contributed by atoms with Gasteiger partial charge in [-0.3, -0.25) is 9.59 Å². The van der Waals surface area contributed by atoms with Crippen molar-refractivity contribution in [2.75, 3.05) is 0 Å². The molecule has 3 saturated carbocycles. The van der Waals surface area contributed by atoms with Crippen LogP contribution in [0, 0.1) is 50.2 Å². The number of ketones is 2. The van der Waals surface area contributed by atoms with E-state index >= 15 is 0 Å². The lowest BCUT2D eigenvalue weighted by molar-refractivity contribution is -0.239. The summed E-state index contributed by atoms with van der Waals surface area (Å²) in [6.07, 6.45) is 7.84. The molecule has 0 saturated heterocycles. The molecule has 0 amide bonds. The van der Waals surface area contributed by atoms with Gasteiger partial charge in [-0.1, -0.05) is 47.6 Å². The van der Waals surface area contributed by atoms with Gasteiger partial charge in [-0.25, -0.2) is 5.14 Å². The van der Waals surface area contributed by atoms with Gasteiger partial charge in [-0.05, 0) is 80.3 Å². The highest BCUT2D eigenvalue weighted by Gasteiger charge is 2.75. The Labute approximate surface area is 232 Å². The summed E-state index contributed by atoms with van der Waals surface area (Å²) in [6, 6.07) is 2.11. The summed E-state index contributed by atoms with van der Waals surface area (Å²) in [5.74, 6) is -1.06. The molecule has 39 heavy (non-hydrogen) atoms. The zero-order valence-electron chi connectivity index (χ0n) is 24.3.